The Morgan fingerprint density at radius 2 is 2.22 bits per heavy atom. The van der Waals surface area contributed by atoms with Crippen LogP contribution in [0.25, 0.3) is 0 Å². The van der Waals surface area contributed by atoms with E-state index in [2.05, 4.69) is 15.3 Å². The summed E-state index contributed by atoms with van der Waals surface area (Å²) in [6.07, 6.45) is 4.96. The van der Waals surface area contributed by atoms with Crippen molar-refractivity contribution in [2.45, 2.75) is 19.0 Å². The standard InChI is InChI=1S/C12H13N3O2S/c16-12(17)4-10(11-2-1-3-18-11)15-7-9-5-13-8-14-6-9/h1-3,5-6,8,10,15H,4,7H2,(H,16,17). The zero-order valence-electron chi connectivity index (χ0n) is 9.61. The summed E-state index contributed by atoms with van der Waals surface area (Å²) in [6.45, 7) is 0.552. The molecule has 0 spiro atoms. The second kappa shape index (κ2) is 6.23. The van der Waals surface area contributed by atoms with Gasteiger partial charge < -0.3 is 10.4 Å². The van der Waals surface area contributed by atoms with Crippen molar-refractivity contribution in [2.24, 2.45) is 0 Å². The van der Waals surface area contributed by atoms with Crippen molar-refractivity contribution in [3.05, 3.63) is 46.7 Å². The smallest absolute Gasteiger partial charge is 0.305 e. The van der Waals surface area contributed by atoms with E-state index in [4.69, 9.17) is 5.11 Å². The summed E-state index contributed by atoms with van der Waals surface area (Å²) in [5.41, 5.74) is 0.935. The van der Waals surface area contributed by atoms with E-state index in [9.17, 15) is 4.79 Å². The molecule has 0 aliphatic heterocycles. The van der Waals surface area contributed by atoms with Crippen molar-refractivity contribution in [1.29, 1.82) is 0 Å². The van der Waals surface area contributed by atoms with Crippen LogP contribution in [0.5, 0.6) is 0 Å². The molecule has 0 aliphatic rings. The first-order valence-electron chi connectivity index (χ1n) is 5.48. The number of nitrogens with zero attached hydrogens (tertiary/aromatic N) is 2. The molecule has 2 aromatic rings. The molecule has 0 saturated heterocycles. The molecule has 5 nitrogen and oxygen atoms in total. The van der Waals surface area contributed by atoms with E-state index in [1.165, 1.54) is 6.33 Å². The fraction of sp³-hybridized carbons (Fsp3) is 0.250. The van der Waals surface area contributed by atoms with Crippen LogP contribution in [0.1, 0.15) is 22.9 Å². The third-order valence-corrected chi connectivity index (χ3v) is 3.42. The fourth-order valence-corrected chi connectivity index (χ4v) is 2.40. The molecular weight excluding hydrogens is 250 g/mol. The summed E-state index contributed by atoms with van der Waals surface area (Å²) in [4.78, 5) is 19.7. The lowest BCUT2D eigenvalue weighted by molar-refractivity contribution is -0.137. The summed E-state index contributed by atoms with van der Waals surface area (Å²) in [7, 11) is 0. The van der Waals surface area contributed by atoms with Gasteiger partial charge in [0.2, 0.25) is 0 Å². The molecule has 0 saturated carbocycles. The molecule has 1 unspecified atom stereocenters. The minimum absolute atomic E-state index is 0.0637. The molecule has 2 heterocycles. The monoisotopic (exact) mass is 263 g/mol. The summed E-state index contributed by atoms with van der Waals surface area (Å²) >= 11 is 1.55. The minimum atomic E-state index is -0.815. The Morgan fingerprint density at radius 3 is 2.83 bits per heavy atom. The van der Waals surface area contributed by atoms with E-state index in [0.717, 1.165) is 10.4 Å². The maximum Gasteiger partial charge on any atom is 0.305 e. The van der Waals surface area contributed by atoms with Crippen molar-refractivity contribution in [2.75, 3.05) is 0 Å². The first kappa shape index (κ1) is 12.7. The van der Waals surface area contributed by atoms with E-state index in [0.29, 0.717) is 6.54 Å². The molecule has 2 rings (SSSR count). The largest absolute Gasteiger partial charge is 0.481 e. The highest BCUT2D eigenvalue weighted by molar-refractivity contribution is 7.10. The van der Waals surface area contributed by atoms with Crippen LogP contribution < -0.4 is 5.32 Å². The van der Waals surface area contributed by atoms with E-state index < -0.39 is 5.97 Å². The highest BCUT2D eigenvalue weighted by atomic mass is 32.1. The Bertz CT molecular complexity index is 487. The van der Waals surface area contributed by atoms with Crippen molar-refractivity contribution in [3.8, 4) is 0 Å². The second-order valence-electron chi connectivity index (χ2n) is 3.79. The van der Waals surface area contributed by atoms with Crippen molar-refractivity contribution in [1.82, 2.24) is 15.3 Å². The Morgan fingerprint density at radius 1 is 1.44 bits per heavy atom. The minimum Gasteiger partial charge on any atom is -0.481 e. The van der Waals surface area contributed by atoms with E-state index >= 15 is 0 Å². The van der Waals surface area contributed by atoms with Gasteiger partial charge in [-0.05, 0) is 11.4 Å². The average molecular weight is 263 g/mol. The Hall–Kier alpha value is -1.79. The molecule has 18 heavy (non-hydrogen) atoms. The summed E-state index contributed by atoms with van der Waals surface area (Å²) < 4.78 is 0. The van der Waals surface area contributed by atoms with Gasteiger partial charge in [-0.1, -0.05) is 6.07 Å². The number of carbonyl (C=O) groups is 1. The van der Waals surface area contributed by atoms with Gasteiger partial charge in [-0.3, -0.25) is 4.79 Å². The van der Waals surface area contributed by atoms with Gasteiger partial charge in [0.1, 0.15) is 6.33 Å². The average Bonchev–Trinajstić information content (AvgIpc) is 2.89. The fourth-order valence-electron chi connectivity index (χ4n) is 1.60. The van der Waals surface area contributed by atoms with Gasteiger partial charge in [-0.15, -0.1) is 11.3 Å². The Labute approximate surface area is 109 Å². The normalized spacial score (nSPS) is 12.2. The van der Waals surface area contributed by atoms with Crippen LogP contribution in [0.15, 0.2) is 36.2 Å². The number of hydrogen-bond acceptors (Lipinski definition) is 5. The molecule has 94 valence electrons. The summed E-state index contributed by atoms with van der Waals surface area (Å²) in [6, 6.07) is 3.68. The van der Waals surface area contributed by atoms with Gasteiger partial charge in [0.25, 0.3) is 0 Å². The molecule has 0 aromatic carbocycles. The van der Waals surface area contributed by atoms with Crippen LogP contribution in [0.2, 0.25) is 0 Å². The van der Waals surface area contributed by atoms with Crippen LogP contribution in [0.3, 0.4) is 0 Å². The van der Waals surface area contributed by atoms with Crippen LogP contribution in [-0.4, -0.2) is 21.0 Å². The molecule has 0 bridgehead atoms. The molecule has 0 aliphatic carbocycles. The van der Waals surface area contributed by atoms with Crippen LogP contribution in [0, 0.1) is 0 Å². The van der Waals surface area contributed by atoms with E-state index in [-0.39, 0.29) is 12.5 Å². The van der Waals surface area contributed by atoms with Crippen molar-refractivity contribution >= 4 is 17.3 Å². The van der Waals surface area contributed by atoms with Crippen molar-refractivity contribution < 1.29 is 9.90 Å². The Kier molecular flexibility index (Phi) is 4.38. The van der Waals surface area contributed by atoms with Gasteiger partial charge in [0, 0.05) is 29.4 Å². The van der Waals surface area contributed by atoms with E-state index in [1.807, 2.05) is 17.5 Å². The highest BCUT2D eigenvalue weighted by Crippen LogP contribution is 2.22. The highest BCUT2D eigenvalue weighted by Gasteiger charge is 2.15. The van der Waals surface area contributed by atoms with Crippen LogP contribution in [0.4, 0.5) is 0 Å². The van der Waals surface area contributed by atoms with Gasteiger partial charge in [0.05, 0.1) is 12.5 Å². The number of carboxylic acids is 1. The molecule has 0 amide bonds. The van der Waals surface area contributed by atoms with Gasteiger partial charge in [-0.2, -0.15) is 0 Å². The maximum atomic E-state index is 10.9. The first-order chi connectivity index (χ1) is 8.75. The second-order valence-corrected chi connectivity index (χ2v) is 4.77. The number of aliphatic carboxylic acids is 1. The lowest BCUT2D eigenvalue weighted by Crippen LogP contribution is -2.22. The lowest BCUT2D eigenvalue weighted by atomic mass is 10.1. The molecule has 1 atom stereocenters. The number of nitrogens with one attached hydrogen (secondary N) is 1. The third kappa shape index (κ3) is 3.61. The summed E-state index contributed by atoms with van der Waals surface area (Å²) in [5.74, 6) is -0.815. The van der Waals surface area contributed by atoms with Crippen LogP contribution >= 0.6 is 11.3 Å². The number of thiophene rings is 1. The molecular formula is C12H13N3O2S. The topological polar surface area (TPSA) is 75.1 Å². The SMILES string of the molecule is O=C(O)CC(NCc1cncnc1)c1cccs1. The lowest BCUT2D eigenvalue weighted by Gasteiger charge is -2.15. The van der Waals surface area contributed by atoms with Gasteiger partial charge in [-0.25, -0.2) is 9.97 Å². The number of carboxylic acid groups (broad SMARTS) is 1. The van der Waals surface area contributed by atoms with E-state index in [1.54, 1.807) is 23.7 Å². The zero-order chi connectivity index (χ0) is 12.8. The first-order valence-corrected chi connectivity index (χ1v) is 6.36. The zero-order valence-corrected chi connectivity index (χ0v) is 10.4. The third-order valence-electron chi connectivity index (χ3n) is 2.43. The molecule has 2 aromatic heterocycles. The molecule has 6 heteroatoms. The summed E-state index contributed by atoms with van der Waals surface area (Å²) in [5, 5.41) is 14.1. The molecule has 2 N–H and O–H groups in total. The van der Waals surface area contributed by atoms with Crippen molar-refractivity contribution in [3.63, 3.8) is 0 Å². The maximum absolute atomic E-state index is 10.9. The predicted octanol–water partition coefficient (Wildman–Crippen LogP) is 1.84. The quantitative estimate of drug-likeness (QED) is 0.831. The molecule has 0 fully saturated rings. The van der Waals surface area contributed by atoms with Gasteiger partial charge >= 0.3 is 5.97 Å². The number of rotatable bonds is 6. The number of aromatic nitrogens is 2. The Balaban J connectivity index is 2.00. The number of hydrogen-bond donors (Lipinski definition) is 2. The predicted molar refractivity (Wildman–Crippen MR) is 68.2 cm³/mol. The molecule has 0 radical (unpaired) electrons. The van der Waals surface area contributed by atoms with Gasteiger partial charge in [0.15, 0.2) is 0 Å². The van der Waals surface area contributed by atoms with Crippen LogP contribution in [-0.2, 0) is 11.3 Å².